The molecule has 192 valence electrons. The van der Waals surface area contributed by atoms with E-state index >= 15 is 0 Å². The maximum atomic E-state index is 13.4. The van der Waals surface area contributed by atoms with Crippen LogP contribution in [0.4, 0.5) is 5.69 Å². The summed E-state index contributed by atoms with van der Waals surface area (Å²) < 4.78 is 5.59. The van der Waals surface area contributed by atoms with E-state index in [9.17, 15) is 14.4 Å². The number of carbonyl (C=O) groups excluding carboxylic acids is 3. The zero-order valence-electron chi connectivity index (χ0n) is 20.5. The van der Waals surface area contributed by atoms with E-state index in [0.717, 1.165) is 16.7 Å². The first-order valence-corrected chi connectivity index (χ1v) is 12.7. The molecular formula is C28H27Cl2N3O4. The molecule has 1 heterocycles. The Morgan fingerprint density at radius 1 is 1.03 bits per heavy atom. The van der Waals surface area contributed by atoms with Crippen LogP contribution in [0.2, 0.25) is 10.0 Å². The summed E-state index contributed by atoms with van der Waals surface area (Å²) in [7, 11) is 0. The number of carbonyl (C=O) groups is 3. The topological polar surface area (TPSA) is 87.7 Å². The van der Waals surface area contributed by atoms with Crippen LogP contribution in [0.5, 0.6) is 5.75 Å². The van der Waals surface area contributed by atoms with Gasteiger partial charge in [0.15, 0.2) is 0 Å². The van der Waals surface area contributed by atoms with Crippen LogP contribution in [0, 0.1) is 0 Å². The van der Waals surface area contributed by atoms with Crippen LogP contribution in [-0.4, -0.2) is 30.4 Å². The Bertz CT molecular complexity index is 1330. The van der Waals surface area contributed by atoms with Gasteiger partial charge >= 0.3 is 0 Å². The Labute approximate surface area is 225 Å². The molecule has 2 atom stereocenters. The second-order valence-electron chi connectivity index (χ2n) is 8.79. The fourth-order valence-corrected chi connectivity index (χ4v) is 4.63. The second-order valence-corrected chi connectivity index (χ2v) is 9.64. The summed E-state index contributed by atoms with van der Waals surface area (Å²) in [6.07, 6.45) is 0.577. The number of ether oxygens (including phenoxy) is 1. The summed E-state index contributed by atoms with van der Waals surface area (Å²) in [5.41, 5.74) is 5.97. The molecule has 0 fully saturated rings. The lowest BCUT2D eigenvalue weighted by atomic mass is 9.92. The van der Waals surface area contributed by atoms with Crippen LogP contribution < -0.4 is 20.5 Å². The standard InChI is InChI=1S/C28H27Cl2N3O4/c1-17-20-8-3-4-9-21(20)22-10-5-6-11-24(22)33(28(17)36)32-27(35)18(2)31-26(34)12-7-15-37-25-14-13-19(29)16-23(25)30/h3-6,8-11,13-14,16-18H,7,12,15H2,1-2H3,(H,31,34)(H,32,35)/t17?,18-/m0/s1. The summed E-state index contributed by atoms with van der Waals surface area (Å²) in [5, 5.41) is 4.87. The Kier molecular flexibility index (Phi) is 8.36. The average molecular weight is 540 g/mol. The van der Waals surface area contributed by atoms with E-state index in [-0.39, 0.29) is 24.8 Å². The SMILES string of the molecule is CC1C(=O)N(NC(=O)[C@H](C)NC(=O)CCCOc2ccc(Cl)cc2Cl)c2ccccc2-c2ccccc21. The van der Waals surface area contributed by atoms with Crippen molar-refractivity contribution in [1.29, 1.82) is 0 Å². The van der Waals surface area contributed by atoms with Crippen LogP contribution in [0.25, 0.3) is 11.1 Å². The van der Waals surface area contributed by atoms with Gasteiger partial charge in [0.1, 0.15) is 11.8 Å². The van der Waals surface area contributed by atoms with Gasteiger partial charge in [-0.2, -0.15) is 0 Å². The lowest BCUT2D eigenvalue weighted by Gasteiger charge is -2.27. The summed E-state index contributed by atoms with van der Waals surface area (Å²) in [6.45, 7) is 3.66. The molecule has 3 aromatic rings. The fraction of sp³-hybridized carbons (Fsp3) is 0.250. The quantitative estimate of drug-likeness (QED) is 0.369. The number of nitrogens with one attached hydrogen (secondary N) is 2. The molecule has 0 saturated heterocycles. The number of hydrazine groups is 1. The van der Waals surface area contributed by atoms with Gasteiger partial charge in [0.2, 0.25) is 5.91 Å². The zero-order chi connectivity index (χ0) is 26.5. The van der Waals surface area contributed by atoms with Crippen molar-refractivity contribution in [1.82, 2.24) is 10.7 Å². The summed E-state index contributed by atoms with van der Waals surface area (Å²) in [5.74, 6) is -1.06. The summed E-state index contributed by atoms with van der Waals surface area (Å²) in [4.78, 5) is 38.8. The second kappa shape index (κ2) is 11.7. The van der Waals surface area contributed by atoms with Crippen LogP contribution in [-0.2, 0) is 14.4 Å². The molecule has 7 nitrogen and oxygen atoms in total. The fourth-order valence-electron chi connectivity index (χ4n) is 4.17. The molecule has 0 radical (unpaired) electrons. The van der Waals surface area contributed by atoms with Crippen molar-refractivity contribution >= 4 is 46.6 Å². The van der Waals surface area contributed by atoms with Gasteiger partial charge in [-0.1, -0.05) is 65.7 Å². The average Bonchev–Trinajstić information content (AvgIpc) is 2.97. The maximum absolute atomic E-state index is 13.4. The number of anilines is 1. The van der Waals surface area contributed by atoms with Crippen LogP contribution in [0.1, 0.15) is 38.2 Å². The third kappa shape index (κ3) is 6.06. The summed E-state index contributed by atoms with van der Waals surface area (Å²) in [6, 6.07) is 19.2. The molecule has 1 aliphatic rings. The van der Waals surface area contributed by atoms with Crippen molar-refractivity contribution in [3.63, 3.8) is 0 Å². The minimum atomic E-state index is -0.861. The van der Waals surface area contributed by atoms with E-state index in [4.69, 9.17) is 27.9 Å². The van der Waals surface area contributed by atoms with E-state index in [2.05, 4.69) is 10.7 Å². The summed E-state index contributed by atoms with van der Waals surface area (Å²) >= 11 is 12.0. The molecule has 0 spiro atoms. The molecule has 9 heteroatoms. The molecule has 37 heavy (non-hydrogen) atoms. The number of rotatable bonds is 8. The van der Waals surface area contributed by atoms with E-state index in [1.807, 2.05) is 49.4 Å². The predicted octanol–water partition coefficient (Wildman–Crippen LogP) is 5.51. The van der Waals surface area contributed by atoms with Crippen molar-refractivity contribution in [3.05, 3.63) is 82.3 Å². The highest BCUT2D eigenvalue weighted by Gasteiger charge is 2.33. The first kappa shape index (κ1) is 26.5. The van der Waals surface area contributed by atoms with Gasteiger partial charge in [-0.3, -0.25) is 19.8 Å². The Hall–Kier alpha value is -3.55. The first-order chi connectivity index (χ1) is 17.8. The van der Waals surface area contributed by atoms with Gasteiger partial charge in [-0.25, -0.2) is 5.01 Å². The normalized spacial score (nSPS) is 15.2. The molecular weight excluding hydrogens is 513 g/mol. The third-order valence-electron chi connectivity index (χ3n) is 6.15. The number of fused-ring (bicyclic) bond motifs is 3. The molecule has 0 aromatic heterocycles. The van der Waals surface area contributed by atoms with Crippen molar-refractivity contribution < 1.29 is 19.1 Å². The molecule has 0 bridgehead atoms. The smallest absolute Gasteiger partial charge is 0.261 e. The van der Waals surface area contributed by atoms with E-state index < -0.39 is 17.9 Å². The van der Waals surface area contributed by atoms with Gasteiger partial charge in [0.25, 0.3) is 11.8 Å². The van der Waals surface area contributed by atoms with Gasteiger partial charge in [0, 0.05) is 17.0 Å². The minimum absolute atomic E-state index is 0.153. The molecule has 3 amide bonds. The Morgan fingerprint density at radius 2 is 1.73 bits per heavy atom. The molecule has 0 saturated carbocycles. The van der Waals surface area contributed by atoms with Crippen LogP contribution in [0.3, 0.4) is 0 Å². The lowest BCUT2D eigenvalue weighted by molar-refractivity contribution is -0.130. The number of para-hydroxylation sites is 1. The first-order valence-electron chi connectivity index (χ1n) is 12.0. The molecule has 2 N–H and O–H groups in total. The largest absolute Gasteiger partial charge is 0.492 e. The highest BCUT2D eigenvalue weighted by atomic mass is 35.5. The van der Waals surface area contributed by atoms with Crippen molar-refractivity contribution in [2.75, 3.05) is 11.6 Å². The number of halogens is 2. The Balaban J connectivity index is 1.35. The maximum Gasteiger partial charge on any atom is 0.261 e. The predicted molar refractivity (Wildman–Crippen MR) is 145 cm³/mol. The van der Waals surface area contributed by atoms with Crippen molar-refractivity contribution in [3.8, 4) is 16.9 Å². The number of hydrogen-bond donors (Lipinski definition) is 2. The van der Waals surface area contributed by atoms with Gasteiger partial charge < -0.3 is 10.1 Å². The van der Waals surface area contributed by atoms with Crippen LogP contribution >= 0.6 is 23.2 Å². The molecule has 1 unspecified atom stereocenters. The number of hydrogen-bond acceptors (Lipinski definition) is 4. The highest BCUT2D eigenvalue weighted by molar-refractivity contribution is 6.35. The van der Waals surface area contributed by atoms with Crippen molar-refractivity contribution in [2.45, 2.75) is 38.6 Å². The third-order valence-corrected chi connectivity index (χ3v) is 6.68. The molecule has 0 aliphatic carbocycles. The van der Waals surface area contributed by atoms with E-state index in [1.165, 1.54) is 5.01 Å². The van der Waals surface area contributed by atoms with E-state index in [1.54, 1.807) is 31.2 Å². The highest BCUT2D eigenvalue weighted by Crippen LogP contribution is 2.40. The zero-order valence-corrected chi connectivity index (χ0v) is 22.0. The molecule has 3 aromatic carbocycles. The monoisotopic (exact) mass is 539 g/mol. The number of nitrogens with zero attached hydrogens (tertiary/aromatic N) is 1. The lowest BCUT2D eigenvalue weighted by Crippen LogP contribution is -2.54. The Morgan fingerprint density at radius 3 is 2.49 bits per heavy atom. The number of amides is 3. The van der Waals surface area contributed by atoms with Crippen LogP contribution in [0.15, 0.2) is 66.7 Å². The minimum Gasteiger partial charge on any atom is -0.492 e. The van der Waals surface area contributed by atoms with Gasteiger partial charge in [-0.05, 0) is 55.7 Å². The number of benzene rings is 3. The van der Waals surface area contributed by atoms with Crippen molar-refractivity contribution in [2.24, 2.45) is 0 Å². The van der Waals surface area contributed by atoms with E-state index in [0.29, 0.717) is 27.9 Å². The van der Waals surface area contributed by atoms with Gasteiger partial charge in [0.05, 0.1) is 23.2 Å². The molecule has 4 rings (SSSR count). The van der Waals surface area contributed by atoms with Gasteiger partial charge in [-0.15, -0.1) is 0 Å². The molecule has 1 aliphatic heterocycles.